The number of aliphatic hydroxyl groups is 1. The van der Waals surface area contributed by atoms with Crippen molar-refractivity contribution in [3.05, 3.63) is 22.7 Å². The molecular weight excluding hydrogens is 428 g/mol. The Morgan fingerprint density at radius 2 is 1.84 bits per heavy atom. The van der Waals surface area contributed by atoms with E-state index in [9.17, 15) is 28.3 Å². The Bertz CT molecular complexity index is 804. The van der Waals surface area contributed by atoms with E-state index >= 15 is 0 Å². The van der Waals surface area contributed by atoms with E-state index in [4.69, 9.17) is 15.2 Å². The molecular formula is C21H31F2N3O6. The molecule has 9 nitrogen and oxygen atoms in total. The zero-order valence-corrected chi connectivity index (χ0v) is 18.0. The highest BCUT2D eigenvalue weighted by Crippen LogP contribution is 2.42. The van der Waals surface area contributed by atoms with Gasteiger partial charge in [0.2, 0.25) is 6.23 Å². The largest absolute Gasteiger partial charge is 0.463 e. The van der Waals surface area contributed by atoms with Crippen LogP contribution in [-0.4, -0.2) is 51.7 Å². The lowest BCUT2D eigenvalue weighted by atomic mass is 10.1. The number of aromatic nitrogens is 2. The third kappa shape index (κ3) is 7.33. The number of anilines is 1. The van der Waals surface area contributed by atoms with Crippen LogP contribution >= 0.6 is 0 Å². The van der Waals surface area contributed by atoms with Gasteiger partial charge in [-0.2, -0.15) is 13.8 Å². The topological polar surface area (TPSA) is 134 Å². The number of hydrogen-bond acceptors (Lipinski definition) is 8. The van der Waals surface area contributed by atoms with E-state index in [1.807, 2.05) is 0 Å². The summed E-state index contributed by atoms with van der Waals surface area (Å²) in [4.78, 5) is 37.3. The minimum Gasteiger partial charge on any atom is -0.463 e. The predicted octanol–water partition coefficient (Wildman–Crippen LogP) is 2.36. The molecule has 3 N–H and O–H groups in total. The van der Waals surface area contributed by atoms with Gasteiger partial charge in [0.15, 0.2) is 6.10 Å². The van der Waals surface area contributed by atoms with E-state index in [0.717, 1.165) is 63.5 Å². The maximum Gasteiger partial charge on any atom is 0.351 e. The summed E-state index contributed by atoms with van der Waals surface area (Å²) in [7, 11) is 0. The maximum absolute atomic E-state index is 14.4. The number of rotatable bonds is 14. The number of unbranched alkanes of at least 4 members (excludes halogenated alkanes) is 8. The molecule has 1 saturated heterocycles. The molecule has 0 saturated carbocycles. The number of aldehydes is 1. The molecule has 0 spiro atoms. The van der Waals surface area contributed by atoms with Crippen molar-refractivity contribution in [1.82, 2.24) is 9.55 Å². The van der Waals surface area contributed by atoms with Gasteiger partial charge in [0, 0.05) is 19.0 Å². The van der Waals surface area contributed by atoms with E-state index in [1.165, 1.54) is 0 Å². The average Bonchev–Trinajstić information content (AvgIpc) is 2.97. The van der Waals surface area contributed by atoms with Gasteiger partial charge in [-0.1, -0.05) is 38.5 Å². The number of alkyl halides is 2. The van der Waals surface area contributed by atoms with Crippen molar-refractivity contribution in [3.63, 3.8) is 0 Å². The molecule has 11 heteroatoms. The Morgan fingerprint density at radius 1 is 1.22 bits per heavy atom. The molecule has 2 heterocycles. The standard InChI is InChI=1S/C21H31F2N3O6/c22-21(23)18(29)15(32-19(21)26-12-11-16(24)25-20(26)30)14-31-17(28)10-8-6-4-2-1-3-5-7-9-13-27/h11-13,15,18-19,29H,1-10,14H2,(H2,24,25,30)/t15-,18?,19-/m1/s1. The van der Waals surface area contributed by atoms with Crippen LogP contribution in [0.3, 0.4) is 0 Å². The van der Waals surface area contributed by atoms with Gasteiger partial charge in [-0.25, -0.2) is 4.79 Å². The molecule has 0 aromatic carbocycles. The molecule has 0 amide bonds. The summed E-state index contributed by atoms with van der Waals surface area (Å²) in [5, 5.41) is 9.93. The lowest BCUT2D eigenvalue weighted by Gasteiger charge is -2.20. The van der Waals surface area contributed by atoms with E-state index in [-0.39, 0.29) is 12.2 Å². The first-order valence-electron chi connectivity index (χ1n) is 10.9. The van der Waals surface area contributed by atoms with Crippen molar-refractivity contribution < 1.29 is 33.0 Å². The van der Waals surface area contributed by atoms with Crippen LogP contribution in [0.15, 0.2) is 17.1 Å². The first-order chi connectivity index (χ1) is 15.3. The average molecular weight is 459 g/mol. The summed E-state index contributed by atoms with van der Waals surface area (Å²) in [6.07, 6.45) is 4.50. The van der Waals surface area contributed by atoms with Crippen molar-refractivity contribution in [2.75, 3.05) is 12.3 Å². The highest BCUT2D eigenvalue weighted by Gasteiger charge is 2.60. The second kappa shape index (κ2) is 12.6. The van der Waals surface area contributed by atoms with Gasteiger partial charge in [-0.05, 0) is 18.9 Å². The summed E-state index contributed by atoms with van der Waals surface area (Å²) in [5.74, 6) is -4.48. The number of nitrogens with two attached hydrogens (primary N) is 1. The number of nitrogen functional groups attached to an aromatic ring is 1. The molecule has 1 aliphatic rings. The number of ether oxygens (including phenoxy) is 2. The van der Waals surface area contributed by atoms with Crippen molar-refractivity contribution in [2.45, 2.75) is 88.6 Å². The fourth-order valence-corrected chi connectivity index (χ4v) is 3.52. The number of aliphatic hydroxyl groups excluding tert-OH is 1. The molecule has 1 unspecified atom stereocenters. The minimum atomic E-state index is -3.79. The van der Waals surface area contributed by atoms with Gasteiger partial charge < -0.3 is 25.1 Å². The second-order valence-electron chi connectivity index (χ2n) is 7.91. The molecule has 2 rings (SSSR count). The van der Waals surface area contributed by atoms with Crippen molar-refractivity contribution in [1.29, 1.82) is 0 Å². The Balaban J connectivity index is 1.68. The molecule has 1 aromatic heterocycles. The number of carbonyl (C=O) groups is 2. The second-order valence-corrected chi connectivity index (χ2v) is 7.91. The number of esters is 1. The van der Waals surface area contributed by atoms with Crippen molar-refractivity contribution in [3.8, 4) is 0 Å². The monoisotopic (exact) mass is 459 g/mol. The first kappa shape index (κ1) is 25.9. The third-order valence-electron chi connectivity index (χ3n) is 5.35. The molecule has 0 aliphatic carbocycles. The smallest absolute Gasteiger partial charge is 0.351 e. The molecule has 32 heavy (non-hydrogen) atoms. The lowest BCUT2D eigenvalue weighted by molar-refractivity contribution is -0.150. The van der Waals surface area contributed by atoms with E-state index in [1.54, 1.807) is 0 Å². The van der Waals surface area contributed by atoms with E-state index < -0.39 is 42.6 Å². The van der Waals surface area contributed by atoms with E-state index in [0.29, 0.717) is 17.4 Å². The number of halogens is 2. The normalized spacial score (nSPS) is 22.0. The fraction of sp³-hybridized carbons (Fsp3) is 0.714. The summed E-state index contributed by atoms with van der Waals surface area (Å²) >= 11 is 0. The summed E-state index contributed by atoms with van der Waals surface area (Å²) in [6, 6.07) is 1.16. The fourth-order valence-electron chi connectivity index (χ4n) is 3.52. The van der Waals surface area contributed by atoms with Crippen molar-refractivity contribution >= 4 is 18.1 Å². The van der Waals surface area contributed by atoms with Gasteiger partial charge >= 0.3 is 17.6 Å². The van der Waals surface area contributed by atoms with Crippen LogP contribution in [0.25, 0.3) is 0 Å². The molecule has 180 valence electrons. The van der Waals surface area contributed by atoms with Gasteiger partial charge in [-0.3, -0.25) is 9.36 Å². The molecule has 0 bridgehead atoms. The minimum absolute atomic E-state index is 0.131. The van der Waals surface area contributed by atoms with Crippen LogP contribution in [0.4, 0.5) is 14.6 Å². The Labute approximate surface area is 184 Å². The maximum atomic E-state index is 14.4. The number of hydrogen-bond donors (Lipinski definition) is 2. The zero-order chi connectivity index (χ0) is 23.6. The van der Waals surface area contributed by atoms with Crippen molar-refractivity contribution in [2.24, 2.45) is 0 Å². The summed E-state index contributed by atoms with van der Waals surface area (Å²) < 4.78 is 39.5. The van der Waals surface area contributed by atoms with Crippen LogP contribution < -0.4 is 11.4 Å². The van der Waals surface area contributed by atoms with E-state index in [2.05, 4.69) is 4.98 Å². The third-order valence-corrected chi connectivity index (χ3v) is 5.35. The Kier molecular flexibility index (Phi) is 10.2. The van der Waals surface area contributed by atoms with Gasteiger partial charge in [0.1, 0.15) is 24.8 Å². The first-order valence-corrected chi connectivity index (χ1v) is 10.9. The SMILES string of the molecule is Nc1ccn([C@@H]2O[C@H](COC(=O)CCCCCCCCCCC=O)C(O)C2(F)F)c(=O)n1. The number of nitrogens with zero attached hydrogens (tertiary/aromatic N) is 2. The van der Waals surface area contributed by atoms with Gasteiger partial charge in [0.25, 0.3) is 0 Å². The van der Waals surface area contributed by atoms with Gasteiger partial charge in [0.05, 0.1) is 0 Å². The predicted molar refractivity (Wildman–Crippen MR) is 111 cm³/mol. The quantitative estimate of drug-likeness (QED) is 0.246. The molecule has 0 radical (unpaired) electrons. The zero-order valence-electron chi connectivity index (χ0n) is 18.0. The molecule has 3 atom stereocenters. The summed E-state index contributed by atoms with van der Waals surface area (Å²) in [6.45, 7) is -0.552. The molecule has 1 fully saturated rings. The Hall–Kier alpha value is -2.40. The molecule has 1 aromatic rings. The van der Waals surface area contributed by atoms with Crippen LogP contribution in [0, 0.1) is 0 Å². The highest BCUT2D eigenvalue weighted by atomic mass is 19.3. The number of carbonyl (C=O) groups excluding carboxylic acids is 2. The summed E-state index contributed by atoms with van der Waals surface area (Å²) in [5.41, 5.74) is 4.31. The van der Waals surface area contributed by atoms with Crippen LogP contribution in [0.1, 0.15) is 70.4 Å². The Morgan fingerprint density at radius 3 is 2.47 bits per heavy atom. The van der Waals surface area contributed by atoms with Crippen LogP contribution in [0.2, 0.25) is 0 Å². The van der Waals surface area contributed by atoms with Crippen LogP contribution in [0.5, 0.6) is 0 Å². The van der Waals surface area contributed by atoms with Gasteiger partial charge in [-0.15, -0.1) is 0 Å². The molecule has 1 aliphatic heterocycles. The lowest BCUT2D eigenvalue weighted by Crippen LogP contribution is -2.42. The highest BCUT2D eigenvalue weighted by molar-refractivity contribution is 5.69. The van der Waals surface area contributed by atoms with Crippen LogP contribution in [-0.2, 0) is 19.1 Å².